The summed E-state index contributed by atoms with van der Waals surface area (Å²) in [6, 6.07) is 0. The van der Waals surface area contributed by atoms with Gasteiger partial charge in [0.15, 0.2) is 0 Å². The van der Waals surface area contributed by atoms with Crippen molar-refractivity contribution in [2.45, 2.75) is 32.4 Å². The lowest BCUT2D eigenvalue weighted by atomic mass is 10.1. The fourth-order valence-corrected chi connectivity index (χ4v) is 2.42. The molecular formula is C12H22N2O3S. The molecule has 0 spiro atoms. The number of aliphatic hydroxyl groups excluding tert-OH is 1. The van der Waals surface area contributed by atoms with Gasteiger partial charge in [-0.25, -0.2) is 0 Å². The lowest BCUT2D eigenvalue weighted by Gasteiger charge is -2.22. The van der Waals surface area contributed by atoms with Crippen LogP contribution in [0.25, 0.3) is 0 Å². The summed E-state index contributed by atoms with van der Waals surface area (Å²) in [6.45, 7) is 2.65. The Morgan fingerprint density at radius 1 is 1.61 bits per heavy atom. The quantitative estimate of drug-likeness (QED) is 0.661. The fraction of sp³-hybridized carbons (Fsp3) is 0.833. The van der Waals surface area contributed by atoms with Gasteiger partial charge in [-0.05, 0) is 18.4 Å². The number of nitrogens with zero attached hydrogens (tertiary/aromatic N) is 1. The van der Waals surface area contributed by atoms with E-state index in [9.17, 15) is 14.7 Å². The van der Waals surface area contributed by atoms with E-state index in [1.54, 1.807) is 11.8 Å². The summed E-state index contributed by atoms with van der Waals surface area (Å²) in [6.07, 6.45) is 3.09. The molecule has 0 radical (unpaired) electrons. The summed E-state index contributed by atoms with van der Waals surface area (Å²) in [7, 11) is 0. The Morgan fingerprint density at radius 2 is 2.33 bits per heavy atom. The average molecular weight is 274 g/mol. The second-order valence-electron chi connectivity index (χ2n) is 4.63. The first-order valence-electron chi connectivity index (χ1n) is 6.29. The normalized spacial score (nSPS) is 23.5. The summed E-state index contributed by atoms with van der Waals surface area (Å²) in [4.78, 5) is 24.4. The van der Waals surface area contributed by atoms with Crippen molar-refractivity contribution in [3.8, 4) is 0 Å². The molecule has 0 aliphatic carbocycles. The van der Waals surface area contributed by atoms with Gasteiger partial charge in [-0.1, -0.05) is 6.92 Å². The number of hydrogen-bond acceptors (Lipinski definition) is 4. The van der Waals surface area contributed by atoms with Gasteiger partial charge >= 0.3 is 0 Å². The first-order chi connectivity index (χ1) is 8.56. The van der Waals surface area contributed by atoms with Crippen LogP contribution < -0.4 is 5.32 Å². The minimum atomic E-state index is -0.703. The van der Waals surface area contributed by atoms with Gasteiger partial charge < -0.3 is 15.3 Å². The summed E-state index contributed by atoms with van der Waals surface area (Å²) in [5.74, 6) is 0.938. The van der Waals surface area contributed by atoms with Gasteiger partial charge in [0, 0.05) is 31.8 Å². The number of aliphatic hydroxyl groups is 1. The molecule has 1 saturated heterocycles. The molecule has 1 aliphatic rings. The maximum atomic E-state index is 11.5. The Kier molecular flexibility index (Phi) is 6.49. The molecule has 1 fully saturated rings. The van der Waals surface area contributed by atoms with Crippen LogP contribution in [0, 0.1) is 5.92 Å². The van der Waals surface area contributed by atoms with Crippen molar-refractivity contribution in [3.63, 3.8) is 0 Å². The van der Waals surface area contributed by atoms with Crippen LogP contribution in [0.4, 0.5) is 0 Å². The molecule has 0 aromatic rings. The zero-order chi connectivity index (χ0) is 13.5. The molecule has 1 rings (SSSR count). The number of hydrogen-bond donors (Lipinski definition) is 2. The first kappa shape index (κ1) is 15.3. The Balaban J connectivity index is 2.17. The van der Waals surface area contributed by atoms with E-state index in [1.165, 1.54) is 4.90 Å². The van der Waals surface area contributed by atoms with Crippen LogP contribution in [-0.2, 0) is 9.59 Å². The zero-order valence-corrected chi connectivity index (χ0v) is 11.8. The minimum absolute atomic E-state index is 0.0123. The highest BCUT2D eigenvalue weighted by Crippen LogP contribution is 2.22. The maximum absolute atomic E-state index is 11.5. The third-order valence-corrected chi connectivity index (χ3v) is 3.77. The molecule has 18 heavy (non-hydrogen) atoms. The van der Waals surface area contributed by atoms with Crippen molar-refractivity contribution in [1.29, 1.82) is 0 Å². The van der Waals surface area contributed by atoms with Gasteiger partial charge in [0.25, 0.3) is 0 Å². The van der Waals surface area contributed by atoms with Gasteiger partial charge in [-0.2, -0.15) is 11.8 Å². The van der Waals surface area contributed by atoms with Gasteiger partial charge in [0.2, 0.25) is 11.8 Å². The number of thioether (sulfide) groups is 1. The minimum Gasteiger partial charge on any atom is -0.373 e. The molecular weight excluding hydrogens is 252 g/mol. The van der Waals surface area contributed by atoms with E-state index < -0.39 is 6.23 Å². The van der Waals surface area contributed by atoms with Crippen LogP contribution in [-0.4, -0.2) is 53.1 Å². The molecule has 2 unspecified atom stereocenters. The summed E-state index contributed by atoms with van der Waals surface area (Å²) >= 11 is 1.72. The smallest absolute Gasteiger partial charge is 0.225 e. The summed E-state index contributed by atoms with van der Waals surface area (Å²) in [5, 5.41) is 12.5. The van der Waals surface area contributed by atoms with E-state index in [0.29, 0.717) is 25.9 Å². The highest BCUT2D eigenvalue weighted by Gasteiger charge is 2.34. The van der Waals surface area contributed by atoms with Crippen LogP contribution in [0.15, 0.2) is 0 Å². The second-order valence-corrected chi connectivity index (χ2v) is 5.61. The maximum Gasteiger partial charge on any atom is 0.225 e. The van der Waals surface area contributed by atoms with Crippen molar-refractivity contribution in [2.75, 3.05) is 25.1 Å². The van der Waals surface area contributed by atoms with E-state index in [1.807, 2.05) is 13.2 Å². The molecule has 2 N–H and O–H groups in total. The number of carbonyl (C=O) groups excluding carboxylic acids is 2. The molecule has 104 valence electrons. The number of carbonyl (C=O) groups is 2. The molecule has 0 aromatic heterocycles. The largest absolute Gasteiger partial charge is 0.373 e. The number of amides is 2. The number of rotatable bonds is 7. The van der Waals surface area contributed by atoms with Gasteiger partial charge in [-0.3, -0.25) is 9.59 Å². The molecule has 0 aromatic carbocycles. The van der Waals surface area contributed by atoms with Crippen LogP contribution >= 0.6 is 11.8 Å². The Bertz CT molecular complexity index is 299. The molecule has 0 saturated carbocycles. The topological polar surface area (TPSA) is 69.6 Å². The van der Waals surface area contributed by atoms with Crippen LogP contribution in [0.3, 0.4) is 0 Å². The first-order valence-corrected chi connectivity index (χ1v) is 7.68. The number of nitrogens with one attached hydrogen (secondary N) is 1. The van der Waals surface area contributed by atoms with Gasteiger partial charge in [-0.15, -0.1) is 0 Å². The molecule has 2 amide bonds. The predicted octanol–water partition coefficient (Wildman–Crippen LogP) is 0.433. The summed E-state index contributed by atoms with van der Waals surface area (Å²) < 4.78 is 0. The van der Waals surface area contributed by atoms with Crippen LogP contribution in [0.2, 0.25) is 0 Å². The van der Waals surface area contributed by atoms with Gasteiger partial charge in [0.05, 0.1) is 0 Å². The Hall–Kier alpha value is -0.750. The average Bonchev–Trinajstić information content (AvgIpc) is 2.56. The third kappa shape index (κ3) is 4.49. The van der Waals surface area contributed by atoms with E-state index in [-0.39, 0.29) is 17.7 Å². The Morgan fingerprint density at radius 3 is 2.89 bits per heavy atom. The van der Waals surface area contributed by atoms with Crippen molar-refractivity contribution in [1.82, 2.24) is 10.2 Å². The highest BCUT2D eigenvalue weighted by molar-refractivity contribution is 7.98. The van der Waals surface area contributed by atoms with Crippen LogP contribution in [0.5, 0.6) is 0 Å². The molecule has 6 heteroatoms. The molecule has 0 bridgehead atoms. The fourth-order valence-electron chi connectivity index (χ4n) is 1.99. The zero-order valence-electron chi connectivity index (χ0n) is 11.0. The monoisotopic (exact) mass is 274 g/mol. The standard InChI is InChI=1S/C12H22N2O3S/c1-9-8-11(16)14(12(9)17)6-5-13-10(15)4-3-7-18-2/h9,12,17H,3-8H2,1-2H3,(H,13,15). The van der Waals surface area contributed by atoms with Crippen molar-refractivity contribution < 1.29 is 14.7 Å². The van der Waals surface area contributed by atoms with E-state index in [0.717, 1.165) is 12.2 Å². The molecule has 1 aliphatic heterocycles. The van der Waals surface area contributed by atoms with E-state index in [2.05, 4.69) is 5.32 Å². The van der Waals surface area contributed by atoms with Crippen molar-refractivity contribution in [3.05, 3.63) is 0 Å². The lowest BCUT2D eigenvalue weighted by Crippen LogP contribution is -2.40. The SMILES string of the molecule is CSCCCC(=O)NCCN1C(=O)CC(C)C1O. The second kappa shape index (κ2) is 7.63. The predicted molar refractivity (Wildman–Crippen MR) is 72.1 cm³/mol. The highest BCUT2D eigenvalue weighted by atomic mass is 32.2. The van der Waals surface area contributed by atoms with Gasteiger partial charge in [0.1, 0.15) is 6.23 Å². The van der Waals surface area contributed by atoms with E-state index >= 15 is 0 Å². The molecule has 1 heterocycles. The molecule has 5 nitrogen and oxygen atoms in total. The Labute approximate surface area is 112 Å². The summed E-state index contributed by atoms with van der Waals surface area (Å²) in [5.41, 5.74) is 0. The number of likely N-dealkylation sites (tertiary alicyclic amines) is 1. The van der Waals surface area contributed by atoms with E-state index in [4.69, 9.17) is 0 Å². The lowest BCUT2D eigenvalue weighted by molar-refractivity contribution is -0.134. The van der Waals surface area contributed by atoms with Crippen LogP contribution in [0.1, 0.15) is 26.2 Å². The van der Waals surface area contributed by atoms with Crippen molar-refractivity contribution in [2.24, 2.45) is 5.92 Å². The van der Waals surface area contributed by atoms with Crippen molar-refractivity contribution >= 4 is 23.6 Å². The molecule has 2 atom stereocenters. The third-order valence-electron chi connectivity index (χ3n) is 3.07.